The van der Waals surface area contributed by atoms with Crippen LogP contribution < -0.4 is 0 Å². The van der Waals surface area contributed by atoms with Crippen molar-refractivity contribution in [2.24, 2.45) is 0 Å². The second-order valence-electron chi connectivity index (χ2n) is 2.67. The van der Waals surface area contributed by atoms with Crippen molar-refractivity contribution in [2.45, 2.75) is 9.84 Å². The van der Waals surface area contributed by atoms with Crippen molar-refractivity contribution in [3.05, 3.63) is 46.6 Å². The highest BCUT2D eigenvalue weighted by Crippen LogP contribution is 2.35. The lowest BCUT2D eigenvalue weighted by Crippen LogP contribution is -2.15. The van der Waals surface area contributed by atoms with Crippen LogP contribution in [-0.4, -0.2) is 3.42 Å². The van der Waals surface area contributed by atoms with Gasteiger partial charge in [0.25, 0.3) is 0 Å². The molecule has 1 unspecified atom stereocenters. The molecule has 0 saturated heterocycles. The van der Waals surface area contributed by atoms with Crippen LogP contribution in [-0.2, 0) is 0 Å². The molecule has 1 aliphatic rings. The molecule has 0 bridgehead atoms. The van der Waals surface area contributed by atoms with Gasteiger partial charge in [-0.1, -0.05) is 65.6 Å². The first-order chi connectivity index (χ1) is 5.66. The Balaban J connectivity index is 2.75. The van der Waals surface area contributed by atoms with Gasteiger partial charge in [0.05, 0.1) is 3.42 Å². The number of alkyl halides is 1. The van der Waals surface area contributed by atoms with Crippen molar-refractivity contribution in [3.63, 3.8) is 0 Å². The third kappa shape index (κ3) is 3.05. The van der Waals surface area contributed by atoms with Crippen molar-refractivity contribution in [3.8, 4) is 0 Å². The summed E-state index contributed by atoms with van der Waals surface area (Å²) in [5, 5.41) is 0. The van der Waals surface area contributed by atoms with Crippen LogP contribution in [0.25, 0.3) is 0 Å². The summed E-state index contributed by atoms with van der Waals surface area (Å²) in [6.07, 6.45) is 13.6. The molecular formula is C10H10I2. The first-order valence-electron chi connectivity index (χ1n) is 3.69. The van der Waals surface area contributed by atoms with Crippen LogP contribution in [0.1, 0.15) is 6.42 Å². The lowest BCUT2D eigenvalue weighted by Gasteiger charge is -2.21. The molecule has 1 atom stereocenters. The highest BCUT2D eigenvalue weighted by atomic mass is 127. The zero-order chi connectivity index (χ0) is 9.03. The summed E-state index contributed by atoms with van der Waals surface area (Å²) in [6, 6.07) is 0. The molecule has 0 fully saturated rings. The van der Waals surface area contributed by atoms with Gasteiger partial charge in [0.15, 0.2) is 0 Å². The molecule has 0 nitrogen and oxygen atoms in total. The van der Waals surface area contributed by atoms with Gasteiger partial charge in [0.1, 0.15) is 0 Å². The molecule has 1 rings (SSSR count). The monoisotopic (exact) mass is 384 g/mol. The number of hydrogen-bond donors (Lipinski definition) is 0. The second-order valence-corrected chi connectivity index (χ2v) is 6.07. The Labute approximate surface area is 101 Å². The Kier molecular flexibility index (Phi) is 4.02. The number of halogens is 2. The molecule has 0 spiro atoms. The third-order valence-electron chi connectivity index (χ3n) is 1.60. The molecule has 2 heteroatoms. The van der Waals surface area contributed by atoms with Crippen molar-refractivity contribution >= 4 is 45.2 Å². The van der Waals surface area contributed by atoms with E-state index in [1.54, 1.807) is 0 Å². The Bertz CT molecular complexity index is 257. The molecule has 0 saturated carbocycles. The van der Waals surface area contributed by atoms with Gasteiger partial charge in [-0.2, -0.15) is 0 Å². The van der Waals surface area contributed by atoms with Gasteiger partial charge < -0.3 is 0 Å². The molecule has 1 aliphatic carbocycles. The molecule has 0 N–H and O–H groups in total. The average Bonchev–Trinajstić information content (AvgIpc) is 2.01. The van der Waals surface area contributed by atoms with Gasteiger partial charge in [0.2, 0.25) is 0 Å². The van der Waals surface area contributed by atoms with Crippen LogP contribution in [0.2, 0.25) is 0 Å². The van der Waals surface area contributed by atoms with Gasteiger partial charge >= 0.3 is 0 Å². The summed E-state index contributed by atoms with van der Waals surface area (Å²) in [5.41, 5.74) is 0. The molecule has 12 heavy (non-hydrogen) atoms. The maximum Gasteiger partial charge on any atom is 0.0631 e. The fourth-order valence-corrected chi connectivity index (χ4v) is 3.43. The van der Waals surface area contributed by atoms with E-state index >= 15 is 0 Å². The summed E-state index contributed by atoms with van der Waals surface area (Å²) in [7, 11) is 0. The van der Waals surface area contributed by atoms with Crippen LogP contribution in [0.15, 0.2) is 46.6 Å². The molecule has 64 valence electrons. The maximum atomic E-state index is 3.66. The zero-order valence-corrected chi connectivity index (χ0v) is 10.9. The Morgan fingerprint density at radius 3 is 2.92 bits per heavy atom. The normalized spacial score (nSPS) is 29.0. The average molecular weight is 384 g/mol. The summed E-state index contributed by atoms with van der Waals surface area (Å²) in [6.45, 7) is 3.66. The fourth-order valence-electron chi connectivity index (χ4n) is 1.03. The molecule has 0 aromatic carbocycles. The quantitative estimate of drug-likeness (QED) is 0.381. The SMILES string of the molecule is C=CC=CC1(I)C=CC=C(I)C1. The van der Waals surface area contributed by atoms with Crippen LogP contribution >= 0.6 is 45.2 Å². The second kappa shape index (κ2) is 4.60. The molecule has 0 radical (unpaired) electrons. The summed E-state index contributed by atoms with van der Waals surface area (Å²) >= 11 is 4.84. The minimum atomic E-state index is 0.164. The predicted molar refractivity (Wildman–Crippen MR) is 71.9 cm³/mol. The van der Waals surface area contributed by atoms with E-state index in [0.717, 1.165) is 6.42 Å². The highest BCUT2D eigenvalue weighted by Gasteiger charge is 2.21. The van der Waals surface area contributed by atoms with Gasteiger partial charge in [-0.25, -0.2) is 0 Å². The van der Waals surface area contributed by atoms with Gasteiger partial charge in [-0.05, 0) is 32.6 Å². The van der Waals surface area contributed by atoms with E-state index in [9.17, 15) is 0 Å². The van der Waals surface area contributed by atoms with E-state index in [1.807, 2.05) is 12.2 Å². The molecule has 0 heterocycles. The van der Waals surface area contributed by atoms with E-state index in [-0.39, 0.29) is 3.42 Å². The molecule has 0 amide bonds. The maximum absolute atomic E-state index is 3.66. The van der Waals surface area contributed by atoms with E-state index < -0.39 is 0 Å². The van der Waals surface area contributed by atoms with Crippen LogP contribution in [0.3, 0.4) is 0 Å². The number of allylic oxidation sites excluding steroid dienone is 7. The van der Waals surface area contributed by atoms with Crippen molar-refractivity contribution in [2.75, 3.05) is 0 Å². The van der Waals surface area contributed by atoms with Crippen LogP contribution in [0.5, 0.6) is 0 Å². The molecule has 0 aliphatic heterocycles. The summed E-state index contributed by atoms with van der Waals surface area (Å²) in [5.74, 6) is 0. The standard InChI is InChI=1S/C10H10I2/c1-2-3-6-10(12)7-4-5-9(11)8-10/h2-7H,1,8H2. The van der Waals surface area contributed by atoms with E-state index in [4.69, 9.17) is 0 Å². The van der Waals surface area contributed by atoms with E-state index in [1.165, 1.54) is 3.58 Å². The van der Waals surface area contributed by atoms with Crippen molar-refractivity contribution < 1.29 is 0 Å². The topological polar surface area (TPSA) is 0 Å². The predicted octanol–water partition coefficient (Wildman–Crippen LogP) is 4.18. The molecular weight excluding hydrogens is 374 g/mol. The van der Waals surface area contributed by atoms with Crippen molar-refractivity contribution in [1.82, 2.24) is 0 Å². The minimum Gasteiger partial charge on any atom is -0.0991 e. The number of hydrogen-bond acceptors (Lipinski definition) is 0. The summed E-state index contributed by atoms with van der Waals surface area (Å²) in [4.78, 5) is 0. The Morgan fingerprint density at radius 2 is 2.33 bits per heavy atom. The van der Waals surface area contributed by atoms with E-state index in [2.05, 4.69) is 76.1 Å². The smallest absolute Gasteiger partial charge is 0.0631 e. The first kappa shape index (κ1) is 10.5. The van der Waals surface area contributed by atoms with Gasteiger partial charge in [-0.15, -0.1) is 0 Å². The largest absolute Gasteiger partial charge is 0.0991 e. The third-order valence-corrected chi connectivity index (χ3v) is 3.44. The number of rotatable bonds is 2. The lowest BCUT2D eigenvalue weighted by atomic mass is 10.0. The first-order valence-corrected chi connectivity index (χ1v) is 5.85. The molecule has 0 aromatic rings. The van der Waals surface area contributed by atoms with Gasteiger partial charge in [-0.3, -0.25) is 0 Å². The van der Waals surface area contributed by atoms with Crippen LogP contribution in [0, 0.1) is 0 Å². The van der Waals surface area contributed by atoms with Crippen molar-refractivity contribution in [1.29, 1.82) is 0 Å². The van der Waals surface area contributed by atoms with E-state index in [0.29, 0.717) is 0 Å². The Hall–Kier alpha value is 0.420. The minimum absolute atomic E-state index is 0.164. The Morgan fingerprint density at radius 1 is 1.58 bits per heavy atom. The van der Waals surface area contributed by atoms with Crippen LogP contribution in [0.4, 0.5) is 0 Å². The lowest BCUT2D eigenvalue weighted by molar-refractivity contribution is 0.916. The summed E-state index contributed by atoms with van der Waals surface area (Å²) < 4.78 is 1.57. The zero-order valence-electron chi connectivity index (χ0n) is 6.63. The molecule has 0 aromatic heterocycles. The van der Waals surface area contributed by atoms with Gasteiger partial charge in [0, 0.05) is 0 Å². The highest BCUT2D eigenvalue weighted by molar-refractivity contribution is 14.1. The fraction of sp³-hybridized carbons (Fsp3) is 0.200.